The van der Waals surface area contributed by atoms with Gasteiger partial charge in [-0.05, 0) is 23.8 Å². The fourth-order valence-electron chi connectivity index (χ4n) is 2.51. The largest absolute Gasteiger partial charge is 0.489 e. The van der Waals surface area contributed by atoms with E-state index < -0.39 is 0 Å². The van der Waals surface area contributed by atoms with Crippen molar-refractivity contribution in [3.63, 3.8) is 0 Å². The highest BCUT2D eigenvalue weighted by atomic mass is 16.5. The molecule has 0 saturated heterocycles. The molecule has 0 saturated carbocycles. The van der Waals surface area contributed by atoms with Gasteiger partial charge in [0.05, 0.1) is 0 Å². The molecule has 4 aromatic rings. The lowest BCUT2D eigenvalue weighted by Gasteiger charge is -2.06. The first kappa shape index (κ1) is 15.1. The summed E-state index contributed by atoms with van der Waals surface area (Å²) in [5, 5.41) is 4.06. The van der Waals surface area contributed by atoms with Gasteiger partial charge in [0.1, 0.15) is 12.4 Å². The van der Waals surface area contributed by atoms with Gasteiger partial charge in [-0.1, -0.05) is 71.9 Å². The zero-order chi connectivity index (χ0) is 16.9. The van der Waals surface area contributed by atoms with Crippen LogP contribution in [0.4, 0.5) is 0 Å². The molecule has 0 atom stereocenters. The number of rotatable bonds is 5. The monoisotopic (exact) mass is 328 g/mol. The molecule has 4 rings (SSSR count). The zero-order valence-electron chi connectivity index (χ0n) is 13.5. The van der Waals surface area contributed by atoms with Gasteiger partial charge in [-0.15, -0.1) is 0 Å². The molecule has 0 aliphatic carbocycles. The van der Waals surface area contributed by atoms with Crippen LogP contribution in [0.25, 0.3) is 22.8 Å². The van der Waals surface area contributed by atoms with Crippen LogP contribution < -0.4 is 4.74 Å². The van der Waals surface area contributed by atoms with E-state index in [1.807, 2.05) is 84.9 Å². The normalized spacial score (nSPS) is 10.6. The molecule has 1 aromatic heterocycles. The first-order valence-electron chi connectivity index (χ1n) is 8.05. The fraction of sp³-hybridized carbons (Fsp3) is 0.0476. The van der Waals surface area contributed by atoms with Crippen LogP contribution in [0.5, 0.6) is 5.75 Å². The molecule has 0 fully saturated rings. The topological polar surface area (TPSA) is 48.2 Å². The summed E-state index contributed by atoms with van der Waals surface area (Å²) in [4.78, 5) is 4.48. The number of ether oxygens (including phenoxy) is 1. The van der Waals surface area contributed by atoms with Crippen molar-refractivity contribution >= 4 is 0 Å². The minimum Gasteiger partial charge on any atom is -0.489 e. The lowest BCUT2D eigenvalue weighted by molar-refractivity contribution is 0.306. The summed E-state index contributed by atoms with van der Waals surface area (Å²) in [5.41, 5.74) is 2.88. The fourth-order valence-corrected chi connectivity index (χ4v) is 2.51. The molecule has 0 N–H and O–H groups in total. The van der Waals surface area contributed by atoms with Crippen molar-refractivity contribution in [1.82, 2.24) is 10.1 Å². The second-order valence-electron chi connectivity index (χ2n) is 5.59. The van der Waals surface area contributed by atoms with E-state index in [4.69, 9.17) is 9.26 Å². The van der Waals surface area contributed by atoms with Crippen molar-refractivity contribution in [2.24, 2.45) is 0 Å². The summed E-state index contributed by atoms with van der Waals surface area (Å²) in [5.74, 6) is 1.82. The van der Waals surface area contributed by atoms with Gasteiger partial charge in [-0.25, -0.2) is 0 Å². The minimum atomic E-state index is 0.476. The van der Waals surface area contributed by atoms with Gasteiger partial charge in [0.25, 0.3) is 5.89 Å². The second kappa shape index (κ2) is 7.01. The Morgan fingerprint density at radius 2 is 1.48 bits per heavy atom. The van der Waals surface area contributed by atoms with Crippen molar-refractivity contribution in [3.8, 4) is 28.6 Å². The molecule has 0 amide bonds. The third kappa shape index (κ3) is 3.58. The minimum absolute atomic E-state index is 0.476. The van der Waals surface area contributed by atoms with E-state index in [2.05, 4.69) is 10.1 Å². The maximum absolute atomic E-state index is 5.86. The highest BCUT2D eigenvalue weighted by Gasteiger charge is 2.11. The van der Waals surface area contributed by atoms with E-state index in [-0.39, 0.29) is 0 Å². The molecule has 3 aromatic carbocycles. The van der Waals surface area contributed by atoms with Gasteiger partial charge in [0, 0.05) is 11.1 Å². The maximum atomic E-state index is 5.86. The molecule has 1 heterocycles. The molecule has 4 heteroatoms. The van der Waals surface area contributed by atoms with Gasteiger partial charge in [-0.3, -0.25) is 0 Å². The van der Waals surface area contributed by atoms with Gasteiger partial charge < -0.3 is 9.26 Å². The Balaban J connectivity index is 1.52. The lowest BCUT2D eigenvalue weighted by Crippen LogP contribution is -1.95. The van der Waals surface area contributed by atoms with Crippen molar-refractivity contribution in [2.75, 3.05) is 0 Å². The molecular weight excluding hydrogens is 312 g/mol. The summed E-state index contributed by atoms with van der Waals surface area (Å²) in [6.07, 6.45) is 0. The van der Waals surface area contributed by atoms with Crippen LogP contribution in [-0.2, 0) is 6.61 Å². The standard InChI is InChI=1S/C21H16N2O2/c1-3-8-16(9-4-1)15-24-19-13-7-12-18(14-19)21-22-20(23-25-21)17-10-5-2-6-11-17/h1-14H,15H2. The Morgan fingerprint density at radius 3 is 2.28 bits per heavy atom. The third-order valence-electron chi connectivity index (χ3n) is 3.79. The van der Waals surface area contributed by atoms with E-state index in [0.29, 0.717) is 18.3 Å². The molecule has 0 aliphatic rings. The third-order valence-corrected chi connectivity index (χ3v) is 3.79. The maximum Gasteiger partial charge on any atom is 0.258 e. The van der Waals surface area contributed by atoms with Crippen LogP contribution >= 0.6 is 0 Å². The highest BCUT2D eigenvalue weighted by Crippen LogP contribution is 2.25. The zero-order valence-corrected chi connectivity index (χ0v) is 13.5. The van der Waals surface area contributed by atoms with Gasteiger partial charge in [0.2, 0.25) is 5.82 Å². The molecule has 122 valence electrons. The number of hydrogen-bond acceptors (Lipinski definition) is 4. The van der Waals surface area contributed by atoms with Gasteiger partial charge in [0.15, 0.2) is 0 Å². The quantitative estimate of drug-likeness (QED) is 0.518. The predicted molar refractivity (Wildman–Crippen MR) is 95.9 cm³/mol. The summed E-state index contributed by atoms with van der Waals surface area (Å²) >= 11 is 0. The Morgan fingerprint density at radius 1 is 0.760 bits per heavy atom. The van der Waals surface area contributed by atoms with Crippen LogP contribution in [0.15, 0.2) is 89.5 Å². The molecule has 0 radical (unpaired) electrons. The first-order valence-corrected chi connectivity index (χ1v) is 8.05. The van der Waals surface area contributed by atoms with E-state index in [9.17, 15) is 0 Å². The second-order valence-corrected chi connectivity index (χ2v) is 5.59. The first-order chi connectivity index (χ1) is 12.4. The van der Waals surface area contributed by atoms with Crippen molar-refractivity contribution in [3.05, 3.63) is 90.5 Å². The van der Waals surface area contributed by atoms with E-state index in [1.54, 1.807) is 0 Å². The summed E-state index contributed by atoms with van der Waals surface area (Å²) < 4.78 is 11.3. The average molecular weight is 328 g/mol. The Bertz CT molecular complexity index is 950. The molecule has 0 bridgehead atoms. The summed E-state index contributed by atoms with van der Waals surface area (Å²) in [6.45, 7) is 0.517. The predicted octanol–water partition coefficient (Wildman–Crippen LogP) is 4.98. The van der Waals surface area contributed by atoms with Crippen molar-refractivity contribution < 1.29 is 9.26 Å². The number of benzene rings is 3. The molecule has 0 unspecified atom stereocenters. The highest BCUT2D eigenvalue weighted by molar-refractivity contribution is 5.60. The number of hydrogen-bond donors (Lipinski definition) is 0. The van der Waals surface area contributed by atoms with Crippen LogP contribution in [0, 0.1) is 0 Å². The summed E-state index contributed by atoms with van der Waals surface area (Å²) in [7, 11) is 0. The van der Waals surface area contributed by atoms with Crippen molar-refractivity contribution in [1.29, 1.82) is 0 Å². The van der Waals surface area contributed by atoms with Crippen LogP contribution in [-0.4, -0.2) is 10.1 Å². The molecule has 25 heavy (non-hydrogen) atoms. The Labute approximate surface area is 145 Å². The van der Waals surface area contributed by atoms with Crippen LogP contribution in [0.2, 0.25) is 0 Å². The lowest BCUT2D eigenvalue weighted by atomic mass is 10.2. The van der Waals surface area contributed by atoms with E-state index in [1.165, 1.54) is 0 Å². The summed E-state index contributed by atoms with van der Waals surface area (Å²) in [6, 6.07) is 27.5. The van der Waals surface area contributed by atoms with Gasteiger partial charge >= 0.3 is 0 Å². The number of aromatic nitrogens is 2. The smallest absolute Gasteiger partial charge is 0.258 e. The molecule has 0 aliphatic heterocycles. The van der Waals surface area contributed by atoms with Gasteiger partial charge in [-0.2, -0.15) is 4.98 Å². The molecule has 4 nitrogen and oxygen atoms in total. The van der Waals surface area contributed by atoms with E-state index >= 15 is 0 Å². The molecular formula is C21H16N2O2. The SMILES string of the molecule is c1ccc(COc2cccc(-c3nc(-c4ccccc4)no3)c2)cc1. The van der Waals surface area contributed by atoms with Crippen molar-refractivity contribution in [2.45, 2.75) is 6.61 Å². The Kier molecular flexibility index (Phi) is 4.25. The van der Waals surface area contributed by atoms with Crippen LogP contribution in [0.3, 0.4) is 0 Å². The van der Waals surface area contributed by atoms with Crippen LogP contribution in [0.1, 0.15) is 5.56 Å². The Hall–Kier alpha value is -3.40. The number of nitrogens with zero attached hydrogens (tertiary/aromatic N) is 2. The average Bonchev–Trinajstić information content (AvgIpc) is 3.18. The van der Waals surface area contributed by atoms with E-state index in [0.717, 1.165) is 22.4 Å². The molecule has 0 spiro atoms.